The molecule has 1 atom stereocenters. The Balaban J connectivity index is 0.00000289. The minimum absolute atomic E-state index is 0. The van der Waals surface area contributed by atoms with Crippen LogP contribution in [0.25, 0.3) is 0 Å². The third-order valence-electron chi connectivity index (χ3n) is 2.51. The zero-order chi connectivity index (χ0) is 12.7. The quantitative estimate of drug-likeness (QED) is 0.450. The molecule has 1 aromatic heterocycles. The molecular weight excluding hydrogens is 381 g/mol. The van der Waals surface area contributed by atoms with Gasteiger partial charge in [0.05, 0.1) is 4.34 Å². The normalized spacial score (nSPS) is 12.8. The van der Waals surface area contributed by atoms with Gasteiger partial charge in [-0.3, -0.25) is 4.99 Å². The van der Waals surface area contributed by atoms with E-state index < -0.39 is 0 Å². The molecule has 0 amide bonds. The van der Waals surface area contributed by atoms with Gasteiger partial charge >= 0.3 is 0 Å². The Bertz CT molecular complexity index is 368. The molecule has 2 N–H and O–H groups in total. The molecule has 0 spiro atoms. The lowest BCUT2D eigenvalue weighted by atomic mass is 10.3. The molecule has 3 nitrogen and oxygen atoms in total. The van der Waals surface area contributed by atoms with Crippen LogP contribution in [0.5, 0.6) is 0 Å². The van der Waals surface area contributed by atoms with Crippen molar-refractivity contribution in [3.8, 4) is 0 Å². The summed E-state index contributed by atoms with van der Waals surface area (Å²) < 4.78 is 0.849. The van der Waals surface area contributed by atoms with Crippen LogP contribution in [0.3, 0.4) is 0 Å². The third-order valence-corrected chi connectivity index (χ3v) is 3.80. The summed E-state index contributed by atoms with van der Waals surface area (Å²) in [5, 5.41) is 6.62. The van der Waals surface area contributed by atoms with Crippen molar-refractivity contribution in [3.63, 3.8) is 0 Å². The fraction of sp³-hybridized carbons (Fsp3) is 0.583. The van der Waals surface area contributed by atoms with E-state index in [9.17, 15) is 0 Å². The summed E-state index contributed by atoms with van der Waals surface area (Å²) in [5.74, 6) is 0.863. The largest absolute Gasteiger partial charge is 0.356 e. The van der Waals surface area contributed by atoms with Crippen LogP contribution in [0, 0.1) is 0 Å². The maximum absolute atomic E-state index is 5.88. The molecule has 1 unspecified atom stereocenters. The predicted molar refractivity (Wildman–Crippen MR) is 92.7 cm³/mol. The van der Waals surface area contributed by atoms with Crippen molar-refractivity contribution in [2.45, 2.75) is 32.7 Å². The van der Waals surface area contributed by atoms with E-state index in [1.54, 1.807) is 18.4 Å². The van der Waals surface area contributed by atoms with Crippen LogP contribution in [-0.4, -0.2) is 25.6 Å². The smallest absolute Gasteiger partial charge is 0.191 e. The molecule has 104 valence electrons. The first-order valence-corrected chi connectivity index (χ1v) is 7.06. The first kappa shape index (κ1) is 18.0. The molecule has 18 heavy (non-hydrogen) atoms. The number of nitrogens with zero attached hydrogens (tertiary/aromatic N) is 1. The molecule has 1 rings (SSSR count). The van der Waals surface area contributed by atoms with Crippen LogP contribution in [0.15, 0.2) is 17.1 Å². The monoisotopic (exact) mass is 401 g/mol. The van der Waals surface area contributed by atoms with Crippen molar-refractivity contribution in [1.29, 1.82) is 0 Å². The zero-order valence-corrected chi connectivity index (χ0v) is 14.9. The number of hydrogen-bond donors (Lipinski definition) is 2. The number of halogens is 2. The molecule has 6 heteroatoms. The molecule has 0 aliphatic carbocycles. The highest BCUT2D eigenvalue weighted by Crippen LogP contribution is 2.21. The summed E-state index contributed by atoms with van der Waals surface area (Å²) in [6.45, 7) is 5.16. The van der Waals surface area contributed by atoms with Gasteiger partial charge in [0, 0.05) is 24.5 Å². The van der Waals surface area contributed by atoms with Gasteiger partial charge in [0.1, 0.15) is 0 Å². The maximum Gasteiger partial charge on any atom is 0.191 e. The molecular formula is C12H21ClIN3S. The highest BCUT2D eigenvalue weighted by Gasteiger charge is 2.03. The third kappa shape index (κ3) is 6.80. The van der Waals surface area contributed by atoms with Crippen molar-refractivity contribution in [2.75, 3.05) is 13.6 Å². The van der Waals surface area contributed by atoms with E-state index >= 15 is 0 Å². The molecule has 1 heterocycles. The van der Waals surface area contributed by atoms with Crippen LogP contribution in [0.4, 0.5) is 0 Å². The van der Waals surface area contributed by atoms with E-state index in [0.717, 1.165) is 29.7 Å². The summed E-state index contributed by atoms with van der Waals surface area (Å²) in [4.78, 5) is 5.48. The van der Waals surface area contributed by atoms with Crippen molar-refractivity contribution in [2.24, 2.45) is 4.99 Å². The lowest BCUT2D eigenvalue weighted by Gasteiger charge is -2.16. The second-order valence-electron chi connectivity index (χ2n) is 3.91. The summed E-state index contributed by atoms with van der Waals surface area (Å²) in [7, 11) is 1.79. The number of nitrogens with one attached hydrogen (secondary N) is 2. The van der Waals surface area contributed by atoms with E-state index in [4.69, 9.17) is 11.6 Å². The molecule has 0 saturated carbocycles. The summed E-state index contributed by atoms with van der Waals surface area (Å²) in [6, 6.07) is 4.45. The van der Waals surface area contributed by atoms with Crippen LogP contribution < -0.4 is 10.6 Å². The van der Waals surface area contributed by atoms with E-state index in [2.05, 4.69) is 35.5 Å². The fourth-order valence-electron chi connectivity index (χ4n) is 1.32. The van der Waals surface area contributed by atoms with Gasteiger partial charge in [-0.05, 0) is 31.9 Å². The predicted octanol–water partition coefficient (Wildman–Crippen LogP) is 3.53. The van der Waals surface area contributed by atoms with E-state index in [1.807, 2.05) is 6.07 Å². The van der Waals surface area contributed by atoms with Gasteiger partial charge < -0.3 is 10.6 Å². The Morgan fingerprint density at radius 1 is 1.50 bits per heavy atom. The van der Waals surface area contributed by atoms with Crippen molar-refractivity contribution < 1.29 is 0 Å². The van der Waals surface area contributed by atoms with Gasteiger partial charge in [0.25, 0.3) is 0 Å². The number of guanidine groups is 1. The van der Waals surface area contributed by atoms with Crippen LogP contribution in [0.1, 0.15) is 25.1 Å². The number of aliphatic imine (C=N–C) groups is 1. The van der Waals surface area contributed by atoms with Crippen LogP contribution in [-0.2, 0) is 6.42 Å². The standard InChI is InChI=1S/C12H20ClN3S.HI/c1-4-9(2)16-12(14-3)15-8-7-10-5-6-11(13)17-10;/h5-6,9H,4,7-8H2,1-3H3,(H2,14,15,16);1H. The van der Waals surface area contributed by atoms with E-state index in [1.165, 1.54) is 4.88 Å². The SMILES string of the molecule is CCC(C)NC(=NC)NCCc1ccc(Cl)s1.I. The topological polar surface area (TPSA) is 36.4 Å². The van der Waals surface area contributed by atoms with E-state index in [-0.39, 0.29) is 24.0 Å². The van der Waals surface area contributed by atoms with Gasteiger partial charge in [-0.15, -0.1) is 35.3 Å². The zero-order valence-electron chi connectivity index (χ0n) is 11.0. The fourth-order valence-corrected chi connectivity index (χ4v) is 2.41. The lowest BCUT2D eigenvalue weighted by molar-refractivity contribution is 0.624. The Morgan fingerprint density at radius 2 is 2.22 bits per heavy atom. The van der Waals surface area contributed by atoms with Crippen molar-refractivity contribution in [1.82, 2.24) is 10.6 Å². The second-order valence-corrected chi connectivity index (χ2v) is 5.71. The Morgan fingerprint density at radius 3 is 2.72 bits per heavy atom. The Labute approximate surface area is 135 Å². The Hall–Kier alpha value is -0.0100. The van der Waals surface area contributed by atoms with Gasteiger partial charge in [-0.2, -0.15) is 0 Å². The van der Waals surface area contributed by atoms with Gasteiger partial charge in [-0.25, -0.2) is 0 Å². The molecule has 0 aliphatic heterocycles. The molecule has 1 aromatic rings. The molecule has 0 radical (unpaired) electrons. The molecule has 0 bridgehead atoms. The highest BCUT2D eigenvalue weighted by atomic mass is 127. The second kappa shape index (κ2) is 9.86. The molecule has 0 fully saturated rings. The highest BCUT2D eigenvalue weighted by molar-refractivity contribution is 14.0. The number of thiophene rings is 1. The van der Waals surface area contributed by atoms with Gasteiger partial charge in [0.2, 0.25) is 0 Å². The average molecular weight is 402 g/mol. The average Bonchev–Trinajstić information content (AvgIpc) is 2.73. The molecule has 0 saturated heterocycles. The number of rotatable bonds is 5. The van der Waals surface area contributed by atoms with Crippen LogP contribution >= 0.6 is 46.9 Å². The summed E-state index contributed by atoms with van der Waals surface area (Å²) >= 11 is 7.51. The number of hydrogen-bond acceptors (Lipinski definition) is 2. The minimum atomic E-state index is 0. The molecule has 0 aromatic carbocycles. The van der Waals surface area contributed by atoms with Crippen molar-refractivity contribution in [3.05, 3.63) is 21.3 Å². The summed E-state index contributed by atoms with van der Waals surface area (Å²) in [5.41, 5.74) is 0. The van der Waals surface area contributed by atoms with Gasteiger partial charge in [0.15, 0.2) is 5.96 Å². The lowest BCUT2D eigenvalue weighted by Crippen LogP contribution is -2.42. The van der Waals surface area contributed by atoms with Gasteiger partial charge in [-0.1, -0.05) is 18.5 Å². The van der Waals surface area contributed by atoms with Crippen molar-refractivity contribution >= 4 is 52.9 Å². The van der Waals surface area contributed by atoms with Crippen LogP contribution in [0.2, 0.25) is 4.34 Å². The molecule has 0 aliphatic rings. The first-order chi connectivity index (χ1) is 8.15. The summed E-state index contributed by atoms with van der Waals surface area (Å²) in [6.07, 6.45) is 2.06. The minimum Gasteiger partial charge on any atom is -0.356 e. The first-order valence-electron chi connectivity index (χ1n) is 5.87. The maximum atomic E-state index is 5.88. The van der Waals surface area contributed by atoms with E-state index in [0.29, 0.717) is 6.04 Å². The Kier molecular flexibility index (Phi) is 9.85.